The number of urea groups is 1. The molecule has 2 aliphatic rings. The minimum Gasteiger partial charge on any atom is -0.330 e. The van der Waals surface area contributed by atoms with E-state index in [9.17, 15) is 9.59 Å². The summed E-state index contributed by atoms with van der Waals surface area (Å²) in [7, 11) is 0. The number of hydrogen-bond acceptors (Lipinski definition) is 3. The first-order valence-electron chi connectivity index (χ1n) is 6.83. The lowest BCUT2D eigenvalue weighted by molar-refractivity contribution is -0.125. The molecule has 0 N–H and O–H groups in total. The zero-order chi connectivity index (χ0) is 13.4. The molecule has 0 aliphatic carbocycles. The molecule has 102 valence electrons. The first-order valence-corrected chi connectivity index (χ1v) is 6.83. The van der Waals surface area contributed by atoms with Gasteiger partial charge in [0.05, 0.1) is 18.4 Å². The van der Waals surface area contributed by atoms with Crippen molar-refractivity contribution in [2.24, 2.45) is 0 Å². The summed E-state index contributed by atoms with van der Waals surface area (Å²) >= 11 is 0. The lowest BCUT2D eigenvalue weighted by atomic mass is 10.1. The number of aromatic nitrogens is 2. The van der Waals surface area contributed by atoms with E-state index in [1.807, 2.05) is 6.92 Å². The normalized spacial score (nSPS) is 19.2. The van der Waals surface area contributed by atoms with E-state index in [4.69, 9.17) is 0 Å². The molecular formula is C13H18N4O2. The van der Waals surface area contributed by atoms with E-state index >= 15 is 0 Å². The molecule has 2 aliphatic heterocycles. The molecule has 1 fully saturated rings. The minimum atomic E-state index is -0.182. The Bertz CT molecular complexity index is 523. The number of carbonyl (C=O) groups excluding carboxylic acids is 2. The van der Waals surface area contributed by atoms with Crippen LogP contribution >= 0.6 is 0 Å². The first kappa shape index (κ1) is 12.2. The number of nitrogens with zero attached hydrogens (tertiary/aromatic N) is 4. The average molecular weight is 262 g/mol. The van der Waals surface area contributed by atoms with Crippen molar-refractivity contribution in [2.75, 3.05) is 13.1 Å². The molecule has 6 heteroatoms. The molecule has 3 heterocycles. The number of hydrogen-bond donors (Lipinski definition) is 0. The Morgan fingerprint density at radius 3 is 2.89 bits per heavy atom. The van der Waals surface area contributed by atoms with Crippen LogP contribution < -0.4 is 0 Å². The Kier molecular flexibility index (Phi) is 3.00. The quantitative estimate of drug-likeness (QED) is 0.764. The van der Waals surface area contributed by atoms with E-state index < -0.39 is 0 Å². The van der Waals surface area contributed by atoms with Crippen molar-refractivity contribution >= 4 is 11.9 Å². The monoisotopic (exact) mass is 262 g/mol. The van der Waals surface area contributed by atoms with Gasteiger partial charge in [-0.15, -0.1) is 0 Å². The second-order valence-corrected chi connectivity index (χ2v) is 5.05. The zero-order valence-corrected chi connectivity index (χ0v) is 11.1. The summed E-state index contributed by atoms with van der Waals surface area (Å²) in [4.78, 5) is 31.2. The topological polar surface area (TPSA) is 58.4 Å². The number of rotatable bonds is 3. The maximum absolute atomic E-state index is 12.0. The highest BCUT2D eigenvalue weighted by atomic mass is 16.2. The van der Waals surface area contributed by atoms with Gasteiger partial charge in [-0.1, -0.05) is 0 Å². The molecule has 19 heavy (non-hydrogen) atoms. The number of imide groups is 1. The van der Waals surface area contributed by atoms with Crippen LogP contribution in [0.15, 0.2) is 6.20 Å². The van der Waals surface area contributed by atoms with Gasteiger partial charge in [-0.3, -0.25) is 9.69 Å². The summed E-state index contributed by atoms with van der Waals surface area (Å²) in [6.07, 6.45) is 5.10. The highest BCUT2D eigenvalue weighted by molar-refractivity contribution is 6.01. The summed E-state index contributed by atoms with van der Waals surface area (Å²) in [6.45, 7) is 3.96. The van der Waals surface area contributed by atoms with Crippen molar-refractivity contribution in [1.82, 2.24) is 19.4 Å². The van der Waals surface area contributed by atoms with E-state index in [0.29, 0.717) is 13.1 Å². The molecule has 0 radical (unpaired) electrons. The van der Waals surface area contributed by atoms with E-state index in [1.165, 1.54) is 11.3 Å². The molecule has 0 unspecified atom stereocenters. The highest BCUT2D eigenvalue weighted by Crippen LogP contribution is 2.19. The van der Waals surface area contributed by atoms with Crippen molar-refractivity contribution in [3.05, 3.63) is 17.7 Å². The van der Waals surface area contributed by atoms with Crippen molar-refractivity contribution in [1.29, 1.82) is 0 Å². The lowest BCUT2D eigenvalue weighted by Crippen LogP contribution is -2.33. The van der Waals surface area contributed by atoms with Crippen molar-refractivity contribution in [2.45, 2.75) is 39.3 Å². The first-order chi connectivity index (χ1) is 9.20. The van der Waals surface area contributed by atoms with Crippen LogP contribution in [0.4, 0.5) is 4.79 Å². The second kappa shape index (κ2) is 4.68. The van der Waals surface area contributed by atoms with Gasteiger partial charge in [0.1, 0.15) is 12.4 Å². The van der Waals surface area contributed by atoms with Crippen LogP contribution in [0.2, 0.25) is 0 Å². The Morgan fingerprint density at radius 1 is 1.32 bits per heavy atom. The molecule has 0 bridgehead atoms. The maximum Gasteiger partial charge on any atom is 0.327 e. The van der Waals surface area contributed by atoms with Gasteiger partial charge in [-0.05, 0) is 19.8 Å². The van der Waals surface area contributed by atoms with Crippen LogP contribution in [0.3, 0.4) is 0 Å². The molecule has 1 aromatic heterocycles. The van der Waals surface area contributed by atoms with Crippen molar-refractivity contribution in [3.8, 4) is 0 Å². The number of imidazole rings is 1. The fourth-order valence-corrected chi connectivity index (χ4v) is 2.76. The zero-order valence-electron chi connectivity index (χ0n) is 11.1. The molecule has 1 saturated heterocycles. The molecule has 6 nitrogen and oxygen atoms in total. The summed E-state index contributed by atoms with van der Waals surface area (Å²) in [5, 5.41) is 0. The third-order valence-electron chi connectivity index (χ3n) is 3.88. The second-order valence-electron chi connectivity index (χ2n) is 5.05. The van der Waals surface area contributed by atoms with E-state index in [1.54, 1.807) is 11.1 Å². The fourth-order valence-electron chi connectivity index (χ4n) is 2.76. The Hall–Kier alpha value is -1.85. The molecular weight excluding hydrogens is 244 g/mol. The summed E-state index contributed by atoms with van der Waals surface area (Å²) in [6, 6.07) is -0.182. The van der Waals surface area contributed by atoms with Gasteiger partial charge in [-0.2, -0.15) is 0 Å². The van der Waals surface area contributed by atoms with E-state index in [-0.39, 0.29) is 18.5 Å². The van der Waals surface area contributed by atoms with Gasteiger partial charge in [0.25, 0.3) is 5.91 Å². The van der Waals surface area contributed by atoms with Crippen molar-refractivity contribution in [3.63, 3.8) is 0 Å². The molecule has 0 atom stereocenters. The Morgan fingerprint density at radius 2 is 2.16 bits per heavy atom. The summed E-state index contributed by atoms with van der Waals surface area (Å²) in [5.74, 6) is 0.964. The van der Waals surface area contributed by atoms with Crippen LogP contribution in [0, 0.1) is 0 Å². The van der Waals surface area contributed by atoms with Crippen LogP contribution in [-0.2, 0) is 24.3 Å². The van der Waals surface area contributed by atoms with Crippen LogP contribution in [0.1, 0.15) is 31.3 Å². The van der Waals surface area contributed by atoms with E-state index in [2.05, 4.69) is 9.55 Å². The highest BCUT2D eigenvalue weighted by Gasteiger charge is 2.35. The molecule has 0 aromatic carbocycles. The number of carbonyl (C=O) groups is 2. The maximum atomic E-state index is 12.0. The van der Waals surface area contributed by atoms with Gasteiger partial charge in [-0.25, -0.2) is 9.78 Å². The number of fused-ring (bicyclic) bond motifs is 1. The van der Waals surface area contributed by atoms with Gasteiger partial charge in [0.2, 0.25) is 0 Å². The minimum absolute atomic E-state index is 0.113. The largest absolute Gasteiger partial charge is 0.330 e. The fraction of sp³-hybridized carbons (Fsp3) is 0.615. The predicted molar refractivity (Wildman–Crippen MR) is 68.4 cm³/mol. The SMILES string of the molecule is CCN1CC(=O)N(Cc2cnc3n2CCCC3)C1=O. The summed E-state index contributed by atoms with van der Waals surface area (Å²) in [5.41, 5.74) is 0.967. The third-order valence-corrected chi connectivity index (χ3v) is 3.88. The van der Waals surface area contributed by atoms with Crippen LogP contribution in [0.5, 0.6) is 0 Å². The standard InChI is InChI=1S/C13H18N4O2/c1-2-15-9-12(18)17(13(15)19)8-10-7-14-11-5-3-4-6-16(10)11/h7H,2-6,8-9H2,1H3. The molecule has 3 rings (SSSR count). The molecule has 3 amide bonds. The Labute approximate surface area is 112 Å². The van der Waals surface area contributed by atoms with Gasteiger partial charge in [0.15, 0.2) is 0 Å². The molecule has 0 saturated carbocycles. The number of aryl methyl sites for hydroxylation is 1. The Balaban J connectivity index is 1.80. The van der Waals surface area contributed by atoms with Gasteiger partial charge >= 0.3 is 6.03 Å². The van der Waals surface area contributed by atoms with Crippen molar-refractivity contribution < 1.29 is 9.59 Å². The van der Waals surface area contributed by atoms with E-state index in [0.717, 1.165) is 30.9 Å². The number of likely N-dealkylation sites (N-methyl/N-ethyl adjacent to an activating group) is 1. The summed E-state index contributed by atoms with van der Waals surface area (Å²) < 4.78 is 2.15. The van der Waals surface area contributed by atoms with Gasteiger partial charge in [0, 0.05) is 19.5 Å². The van der Waals surface area contributed by atoms with Gasteiger partial charge < -0.3 is 9.47 Å². The molecule has 1 aromatic rings. The number of amides is 3. The van der Waals surface area contributed by atoms with Crippen LogP contribution in [-0.4, -0.2) is 44.4 Å². The van der Waals surface area contributed by atoms with Crippen LogP contribution in [0.25, 0.3) is 0 Å². The smallest absolute Gasteiger partial charge is 0.327 e. The lowest BCUT2D eigenvalue weighted by Gasteiger charge is -2.19. The third kappa shape index (κ3) is 2.01. The molecule has 0 spiro atoms. The predicted octanol–water partition coefficient (Wildman–Crippen LogP) is 1.00. The average Bonchev–Trinajstić information content (AvgIpc) is 2.95.